The molecule has 5 nitrogen and oxygen atoms in total. The van der Waals surface area contributed by atoms with Crippen molar-refractivity contribution in [1.29, 1.82) is 0 Å². The summed E-state index contributed by atoms with van der Waals surface area (Å²) in [6, 6.07) is 6.21. The third-order valence-electron chi connectivity index (χ3n) is 3.49. The standard InChI is InChI=1S/C16H17N3O2/c1-4-11-5-10-6-15(20-2)12(7-13(10)19-11)14-8-18-16(21-3)9-17-14/h5-9,19H,4H2,1-3H3. The van der Waals surface area contributed by atoms with Crippen LogP contribution in [-0.2, 0) is 6.42 Å². The van der Waals surface area contributed by atoms with Crippen LogP contribution in [0.5, 0.6) is 11.6 Å². The van der Waals surface area contributed by atoms with Crippen LogP contribution in [-0.4, -0.2) is 29.2 Å². The lowest BCUT2D eigenvalue weighted by molar-refractivity contribution is 0.395. The van der Waals surface area contributed by atoms with E-state index >= 15 is 0 Å². The number of H-pyrrole nitrogens is 1. The molecule has 0 radical (unpaired) electrons. The zero-order valence-electron chi connectivity index (χ0n) is 12.3. The maximum absolute atomic E-state index is 5.49. The van der Waals surface area contributed by atoms with Crippen molar-refractivity contribution in [2.24, 2.45) is 0 Å². The van der Waals surface area contributed by atoms with Gasteiger partial charge in [-0.3, -0.25) is 0 Å². The van der Waals surface area contributed by atoms with Crippen LogP contribution in [0.4, 0.5) is 0 Å². The van der Waals surface area contributed by atoms with E-state index in [0.717, 1.165) is 34.3 Å². The van der Waals surface area contributed by atoms with Crippen LogP contribution in [0.3, 0.4) is 0 Å². The lowest BCUT2D eigenvalue weighted by Crippen LogP contribution is -1.93. The predicted molar refractivity (Wildman–Crippen MR) is 81.8 cm³/mol. The zero-order chi connectivity index (χ0) is 14.8. The number of hydrogen-bond acceptors (Lipinski definition) is 4. The van der Waals surface area contributed by atoms with Crippen LogP contribution >= 0.6 is 0 Å². The number of aromatic nitrogens is 3. The number of ether oxygens (including phenoxy) is 2. The molecule has 0 aliphatic carbocycles. The van der Waals surface area contributed by atoms with E-state index in [1.165, 1.54) is 5.69 Å². The molecule has 2 aromatic heterocycles. The summed E-state index contributed by atoms with van der Waals surface area (Å²) < 4.78 is 10.5. The van der Waals surface area contributed by atoms with Gasteiger partial charge in [-0.15, -0.1) is 0 Å². The summed E-state index contributed by atoms with van der Waals surface area (Å²) in [5.74, 6) is 1.27. The Hall–Kier alpha value is -2.56. The number of fused-ring (bicyclic) bond motifs is 1. The summed E-state index contributed by atoms with van der Waals surface area (Å²) in [6.45, 7) is 2.12. The van der Waals surface area contributed by atoms with Crippen molar-refractivity contribution in [3.8, 4) is 22.9 Å². The molecule has 0 unspecified atom stereocenters. The second-order valence-electron chi connectivity index (χ2n) is 4.73. The molecule has 2 heterocycles. The molecular formula is C16H17N3O2. The number of nitrogens with zero attached hydrogens (tertiary/aromatic N) is 2. The van der Waals surface area contributed by atoms with Crippen LogP contribution in [0.15, 0.2) is 30.6 Å². The van der Waals surface area contributed by atoms with E-state index in [-0.39, 0.29) is 0 Å². The Morgan fingerprint density at radius 3 is 2.52 bits per heavy atom. The van der Waals surface area contributed by atoms with E-state index in [1.807, 2.05) is 12.1 Å². The molecule has 21 heavy (non-hydrogen) atoms. The highest BCUT2D eigenvalue weighted by molar-refractivity contribution is 5.88. The Bertz CT molecular complexity index is 763. The molecule has 0 aliphatic heterocycles. The van der Waals surface area contributed by atoms with E-state index in [2.05, 4.69) is 27.9 Å². The smallest absolute Gasteiger partial charge is 0.232 e. The van der Waals surface area contributed by atoms with Crippen LogP contribution in [0.25, 0.3) is 22.2 Å². The maximum atomic E-state index is 5.49. The summed E-state index contributed by atoms with van der Waals surface area (Å²) in [5.41, 5.74) is 3.93. The topological polar surface area (TPSA) is 60.0 Å². The highest BCUT2D eigenvalue weighted by Gasteiger charge is 2.11. The van der Waals surface area contributed by atoms with Gasteiger partial charge in [-0.2, -0.15) is 0 Å². The minimum absolute atomic E-state index is 0.493. The summed E-state index contributed by atoms with van der Waals surface area (Å²) in [5, 5.41) is 1.13. The number of benzene rings is 1. The molecule has 0 fully saturated rings. The average molecular weight is 283 g/mol. The first-order valence-electron chi connectivity index (χ1n) is 6.81. The van der Waals surface area contributed by atoms with Gasteiger partial charge in [-0.05, 0) is 24.6 Å². The van der Waals surface area contributed by atoms with E-state index in [0.29, 0.717) is 5.88 Å². The molecule has 1 N–H and O–H groups in total. The molecule has 3 aromatic rings. The van der Waals surface area contributed by atoms with Gasteiger partial charge in [0.1, 0.15) is 5.75 Å². The molecule has 0 spiro atoms. The normalized spacial score (nSPS) is 10.8. The third kappa shape index (κ3) is 2.42. The van der Waals surface area contributed by atoms with Gasteiger partial charge < -0.3 is 14.5 Å². The predicted octanol–water partition coefficient (Wildman–Crippen LogP) is 3.20. The lowest BCUT2D eigenvalue weighted by Gasteiger charge is -2.08. The van der Waals surface area contributed by atoms with Gasteiger partial charge in [0.25, 0.3) is 0 Å². The number of methoxy groups -OCH3 is 2. The van der Waals surface area contributed by atoms with Crippen LogP contribution in [0.1, 0.15) is 12.6 Å². The van der Waals surface area contributed by atoms with Crippen molar-refractivity contribution in [3.05, 3.63) is 36.3 Å². The monoisotopic (exact) mass is 283 g/mol. The lowest BCUT2D eigenvalue weighted by atomic mass is 10.1. The Kier molecular flexibility index (Phi) is 3.48. The minimum atomic E-state index is 0.493. The molecule has 5 heteroatoms. The number of hydrogen-bond donors (Lipinski definition) is 1. The fraction of sp³-hybridized carbons (Fsp3) is 0.250. The largest absolute Gasteiger partial charge is 0.496 e. The Morgan fingerprint density at radius 2 is 1.90 bits per heavy atom. The van der Waals surface area contributed by atoms with Crippen LogP contribution in [0, 0.1) is 0 Å². The van der Waals surface area contributed by atoms with Crippen molar-refractivity contribution < 1.29 is 9.47 Å². The molecule has 0 bridgehead atoms. The first-order valence-corrected chi connectivity index (χ1v) is 6.81. The Labute approximate surface area is 123 Å². The molecule has 108 valence electrons. The molecule has 1 aromatic carbocycles. The van der Waals surface area contributed by atoms with Crippen molar-refractivity contribution in [2.75, 3.05) is 14.2 Å². The molecule has 0 aliphatic rings. The van der Waals surface area contributed by atoms with Gasteiger partial charge in [0.05, 0.1) is 32.3 Å². The molecule has 0 amide bonds. The Morgan fingerprint density at radius 1 is 1.05 bits per heavy atom. The molecule has 0 saturated carbocycles. The Balaban J connectivity index is 2.14. The second-order valence-corrected chi connectivity index (χ2v) is 4.73. The maximum Gasteiger partial charge on any atom is 0.232 e. The van der Waals surface area contributed by atoms with Gasteiger partial charge >= 0.3 is 0 Å². The highest BCUT2D eigenvalue weighted by atomic mass is 16.5. The third-order valence-corrected chi connectivity index (χ3v) is 3.49. The first-order chi connectivity index (χ1) is 10.2. The summed E-state index contributed by atoms with van der Waals surface area (Å²) in [7, 11) is 3.23. The van der Waals surface area contributed by atoms with Crippen molar-refractivity contribution in [1.82, 2.24) is 15.0 Å². The van der Waals surface area contributed by atoms with E-state index in [9.17, 15) is 0 Å². The van der Waals surface area contributed by atoms with E-state index in [1.54, 1.807) is 26.6 Å². The quantitative estimate of drug-likeness (QED) is 0.798. The zero-order valence-corrected chi connectivity index (χ0v) is 12.3. The molecule has 0 saturated heterocycles. The second kappa shape index (κ2) is 5.44. The minimum Gasteiger partial charge on any atom is -0.496 e. The van der Waals surface area contributed by atoms with Gasteiger partial charge in [0.15, 0.2) is 0 Å². The fourth-order valence-electron chi connectivity index (χ4n) is 2.34. The summed E-state index contributed by atoms with van der Waals surface area (Å²) >= 11 is 0. The molecule has 0 atom stereocenters. The number of nitrogens with one attached hydrogen (secondary N) is 1. The van der Waals surface area contributed by atoms with Crippen molar-refractivity contribution in [2.45, 2.75) is 13.3 Å². The highest BCUT2D eigenvalue weighted by Crippen LogP contribution is 2.33. The fourth-order valence-corrected chi connectivity index (χ4v) is 2.34. The van der Waals surface area contributed by atoms with Gasteiger partial charge in [-0.1, -0.05) is 6.92 Å². The van der Waals surface area contributed by atoms with Gasteiger partial charge in [-0.25, -0.2) is 9.97 Å². The summed E-state index contributed by atoms with van der Waals surface area (Å²) in [6.07, 6.45) is 4.26. The van der Waals surface area contributed by atoms with Crippen LogP contribution < -0.4 is 9.47 Å². The molecular weight excluding hydrogens is 266 g/mol. The van der Waals surface area contributed by atoms with E-state index in [4.69, 9.17) is 9.47 Å². The van der Waals surface area contributed by atoms with Gasteiger partial charge in [0, 0.05) is 22.2 Å². The van der Waals surface area contributed by atoms with E-state index < -0.39 is 0 Å². The summed E-state index contributed by atoms with van der Waals surface area (Å²) in [4.78, 5) is 12.0. The van der Waals surface area contributed by atoms with Gasteiger partial charge in [0.2, 0.25) is 5.88 Å². The number of rotatable bonds is 4. The van der Waals surface area contributed by atoms with Crippen molar-refractivity contribution in [3.63, 3.8) is 0 Å². The van der Waals surface area contributed by atoms with Crippen molar-refractivity contribution >= 4 is 10.9 Å². The number of aromatic amines is 1. The number of aryl methyl sites for hydroxylation is 1. The van der Waals surface area contributed by atoms with Crippen LogP contribution in [0.2, 0.25) is 0 Å². The molecule has 3 rings (SSSR count). The first kappa shape index (κ1) is 13.4. The average Bonchev–Trinajstić information content (AvgIpc) is 2.95. The SMILES string of the molecule is CCc1cc2cc(OC)c(-c3cnc(OC)cn3)cc2[nH]1.